The summed E-state index contributed by atoms with van der Waals surface area (Å²) in [5, 5.41) is 21.6. The van der Waals surface area contributed by atoms with Gasteiger partial charge in [-0.25, -0.2) is 0 Å². The average molecular weight is 400 g/mol. The van der Waals surface area contributed by atoms with E-state index in [-0.39, 0.29) is 0 Å². The Morgan fingerprint density at radius 1 is 0.724 bits per heavy atom. The highest BCUT2D eigenvalue weighted by atomic mass is 16.8. The van der Waals surface area contributed by atoms with Gasteiger partial charge in [0, 0.05) is 0 Å². The summed E-state index contributed by atoms with van der Waals surface area (Å²) >= 11 is 0. The van der Waals surface area contributed by atoms with E-state index in [1.807, 2.05) is 74.5 Å². The van der Waals surface area contributed by atoms with Crippen LogP contribution in [0.4, 0.5) is 0 Å². The molecule has 1 saturated carbocycles. The first-order chi connectivity index (χ1) is 13.9. The molecule has 2 aromatic rings. The Kier molecular flexibility index (Phi) is 6.01. The van der Waals surface area contributed by atoms with Crippen molar-refractivity contribution < 1.29 is 29.2 Å². The highest BCUT2D eigenvalue weighted by molar-refractivity contribution is 5.15. The van der Waals surface area contributed by atoms with Crippen molar-refractivity contribution in [2.75, 3.05) is 0 Å². The average Bonchev–Trinajstić information content (AvgIpc) is 3.04. The molecular weight excluding hydrogens is 372 g/mol. The molecule has 6 heteroatoms. The molecule has 156 valence electrons. The van der Waals surface area contributed by atoms with Crippen molar-refractivity contribution >= 4 is 0 Å². The van der Waals surface area contributed by atoms with E-state index in [2.05, 4.69) is 0 Å². The summed E-state index contributed by atoms with van der Waals surface area (Å²) in [5.41, 5.74) is 1.96. The number of aliphatic hydroxyl groups excluding tert-OH is 2. The largest absolute Gasteiger partial charge is 0.387 e. The third-order valence-electron chi connectivity index (χ3n) is 5.40. The van der Waals surface area contributed by atoms with Crippen LogP contribution in [0.15, 0.2) is 60.7 Å². The fraction of sp³-hybridized carbons (Fsp3) is 0.478. The second-order valence-corrected chi connectivity index (χ2v) is 8.07. The van der Waals surface area contributed by atoms with E-state index in [1.54, 1.807) is 0 Å². The highest BCUT2D eigenvalue weighted by Gasteiger charge is 2.58. The van der Waals surface area contributed by atoms with Crippen LogP contribution in [0.1, 0.15) is 25.0 Å². The number of aliphatic hydroxyl groups is 2. The molecule has 0 radical (unpaired) electrons. The van der Waals surface area contributed by atoms with Crippen molar-refractivity contribution in [3.8, 4) is 0 Å². The molecule has 6 atom stereocenters. The Bertz CT molecular complexity index is 715. The molecule has 0 unspecified atom stereocenters. The Hall–Kier alpha value is -1.80. The summed E-state index contributed by atoms with van der Waals surface area (Å²) in [6.07, 6.45) is -4.86. The van der Waals surface area contributed by atoms with Crippen LogP contribution >= 0.6 is 0 Å². The minimum absolute atomic E-state index is 0.303. The van der Waals surface area contributed by atoms with Gasteiger partial charge in [0.25, 0.3) is 0 Å². The first kappa shape index (κ1) is 20.5. The van der Waals surface area contributed by atoms with Crippen LogP contribution < -0.4 is 0 Å². The lowest BCUT2D eigenvalue weighted by atomic mass is 9.84. The lowest BCUT2D eigenvalue weighted by molar-refractivity contribution is -0.223. The Labute approximate surface area is 171 Å². The fourth-order valence-electron chi connectivity index (χ4n) is 4.02. The van der Waals surface area contributed by atoms with Crippen LogP contribution in [0.5, 0.6) is 0 Å². The number of hydrogen-bond acceptors (Lipinski definition) is 6. The van der Waals surface area contributed by atoms with E-state index in [4.69, 9.17) is 18.9 Å². The summed E-state index contributed by atoms with van der Waals surface area (Å²) in [6, 6.07) is 19.4. The smallest absolute Gasteiger partial charge is 0.164 e. The normalized spacial score (nSPS) is 33.4. The zero-order chi connectivity index (χ0) is 20.4. The molecule has 2 N–H and O–H groups in total. The van der Waals surface area contributed by atoms with Crippen molar-refractivity contribution in [2.24, 2.45) is 0 Å². The first-order valence-corrected chi connectivity index (χ1v) is 9.97. The zero-order valence-corrected chi connectivity index (χ0v) is 16.7. The van der Waals surface area contributed by atoms with Crippen molar-refractivity contribution in [2.45, 2.75) is 69.5 Å². The molecule has 6 nitrogen and oxygen atoms in total. The van der Waals surface area contributed by atoms with Gasteiger partial charge in [0.15, 0.2) is 5.79 Å². The molecule has 0 aromatic heterocycles. The third kappa shape index (κ3) is 4.53. The number of hydrogen-bond donors (Lipinski definition) is 2. The number of rotatable bonds is 6. The Balaban J connectivity index is 1.50. The molecule has 2 aliphatic rings. The molecule has 1 aliphatic carbocycles. The topological polar surface area (TPSA) is 77.4 Å². The predicted octanol–water partition coefficient (Wildman–Crippen LogP) is 2.41. The van der Waals surface area contributed by atoms with Gasteiger partial charge < -0.3 is 29.2 Å². The second-order valence-electron chi connectivity index (χ2n) is 8.07. The molecule has 0 spiro atoms. The number of fused-ring (bicyclic) bond motifs is 1. The fourth-order valence-corrected chi connectivity index (χ4v) is 4.02. The summed E-state index contributed by atoms with van der Waals surface area (Å²) in [7, 11) is 0. The van der Waals surface area contributed by atoms with Gasteiger partial charge in [0.2, 0.25) is 0 Å². The molecule has 29 heavy (non-hydrogen) atoms. The lowest BCUT2D eigenvalue weighted by Gasteiger charge is -2.43. The number of benzene rings is 2. The summed E-state index contributed by atoms with van der Waals surface area (Å²) in [6.45, 7) is 4.23. The van der Waals surface area contributed by atoms with Gasteiger partial charge in [-0.15, -0.1) is 0 Å². The van der Waals surface area contributed by atoms with E-state index < -0.39 is 42.4 Å². The van der Waals surface area contributed by atoms with E-state index in [0.29, 0.717) is 13.2 Å². The third-order valence-corrected chi connectivity index (χ3v) is 5.40. The molecule has 1 aliphatic heterocycles. The van der Waals surface area contributed by atoms with Crippen molar-refractivity contribution in [1.82, 2.24) is 0 Å². The van der Waals surface area contributed by atoms with Crippen molar-refractivity contribution in [1.29, 1.82) is 0 Å². The minimum atomic E-state index is -1.15. The van der Waals surface area contributed by atoms with Gasteiger partial charge in [-0.2, -0.15) is 0 Å². The van der Waals surface area contributed by atoms with E-state index in [9.17, 15) is 10.2 Å². The van der Waals surface area contributed by atoms with Gasteiger partial charge in [-0.3, -0.25) is 0 Å². The maximum Gasteiger partial charge on any atom is 0.164 e. The van der Waals surface area contributed by atoms with Crippen LogP contribution in [-0.2, 0) is 32.2 Å². The van der Waals surface area contributed by atoms with Crippen LogP contribution in [0.2, 0.25) is 0 Å². The molecule has 0 bridgehead atoms. The van der Waals surface area contributed by atoms with Crippen molar-refractivity contribution in [3.05, 3.63) is 71.8 Å². The molecule has 1 heterocycles. The molecule has 4 rings (SSSR count). The van der Waals surface area contributed by atoms with Gasteiger partial charge in [-0.1, -0.05) is 60.7 Å². The second kappa shape index (κ2) is 8.52. The first-order valence-electron chi connectivity index (χ1n) is 9.97. The molecule has 1 saturated heterocycles. The van der Waals surface area contributed by atoms with Crippen LogP contribution in [-0.4, -0.2) is 52.6 Å². The van der Waals surface area contributed by atoms with Gasteiger partial charge in [0.05, 0.1) is 13.2 Å². The molecule has 2 fully saturated rings. The van der Waals surface area contributed by atoms with E-state index in [1.165, 1.54) is 0 Å². The van der Waals surface area contributed by atoms with Crippen LogP contribution in [0.3, 0.4) is 0 Å². The SMILES string of the molecule is CC1(C)O[C@@H]2[C@H](O1)[C@@H](OCc1ccccc1)[C@H](O)[C@@H](O)[C@@H]2OCc1ccccc1. The van der Waals surface area contributed by atoms with Gasteiger partial charge in [0.1, 0.15) is 36.6 Å². The summed E-state index contributed by atoms with van der Waals surface area (Å²) < 4.78 is 24.1. The Morgan fingerprint density at radius 2 is 1.10 bits per heavy atom. The predicted molar refractivity (Wildman–Crippen MR) is 106 cm³/mol. The molecule has 2 aromatic carbocycles. The van der Waals surface area contributed by atoms with E-state index in [0.717, 1.165) is 11.1 Å². The highest BCUT2D eigenvalue weighted by Crippen LogP contribution is 2.40. The number of ether oxygens (including phenoxy) is 4. The summed E-state index contributed by atoms with van der Waals surface area (Å²) in [4.78, 5) is 0. The monoisotopic (exact) mass is 400 g/mol. The maximum atomic E-state index is 10.8. The zero-order valence-electron chi connectivity index (χ0n) is 16.7. The van der Waals surface area contributed by atoms with Gasteiger partial charge in [-0.05, 0) is 25.0 Å². The van der Waals surface area contributed by atoms with Crippen LogP contribution in [0.25, 0.3) is 0 Å². The lowest BCUT2D eigenvalue weighted by Crippen LogP contribution is -2.63. The molecule has 0 amide bonds. The minimum Gasteiger partial charge on any atom is -0.387 e. The van der Waals surface area contributed by atoms with E-state index >= 15 is 0 Å². The van der Waals surface area contributed by atoms with Crippen molar-refractivity contribution in [3.63, 3.8) is 0 Å². The van der Waals surface area contributed by atoms with Crippen LogP contribution in [0, 0.1) is 0 Å². The standard InChI is InChI=1S/C23H28O6/c1-23(2)28-21-19(26-13-15-9-5-3-6-10-15)17(24)18(25)20(22(21)29-23)27-14-16-11-7-4-8-12-16/h3-12,17-22,24-25H,13-14H2,1-2H3/t17-,18-,19+,20+,21-,22+/m1/s1. The summed E-state index contributed by atoms with van der Waals surface area (Å²) in [5.74, 6) is -0.859. The Morgan fingerprint density at radius 3 is 1.48 bits per heavy atom. The molecular formula is C23H28O6. The maximum absolute atomic E-state index is 10.8. The quantitative estimate of drug-likeness (QED) is 0.776. The van der Waals surface area contributed by atoms with Gasteiger partial charge >= 0.3 is 0 Å².